The van der Waals surface area contributed by atoms with Crippen LogP contribution in [0.25, 0.3) is 0 Å². The summed E-state index contributed by atoms with van der Waals surface area (Å²) in [6.45, 7) is 8.21. The maximum atomic E-state index is 12.5. The van der Waals surface area contributed by atoms with E-state index >= 15 is 0 Å². The van der Waals surface area contributed by atoms with E-state index in [0.29, 0.717) is 31.7 Å². The largest absolute Gasteiger partial charge is 0.338 e. The number of rotatable bonds is 6. The number of sulfonamides is 1. The Kier molecular flexibility index (Phi) is 5.67. The van der Waals surface area contributed by atoms with Gasteiger partial charge in [-0.3, -0.25) is 4.79 Å². The molecule has 1 aliphatic heterocycles. The van der Waals surface area contributed by atoms with E-state index in [0.717, 1.165) is 6.42 Å². The molecule has 1 amide bonds. The molecule has 7 heteroatoms. The predicted octanol–water partition coefficient (Wildman–Crippen LogP) is 1.43. The molecule has 1 unspecified atom stereocenters. The van der Waals surface area contributed by atoms with E-state index in [1.165, 1.54) is 12.1 Å². The zero-order chi connectivity index (χ0) is 18.0. The molecule has 1 saturated heterocycles. The molecule has 0 aromatic heterocycles. The van der Waals surface area contributed by atoms with Gasteiger partial charge in [0.1, 0.15) is 0 Å². The van der Waals surface area contributed by atoms with Crippen LogP contribution in [0.4, 0.5) is 0 Å². The highest BCUT2D eigenvalue weighted by molar-refractivity contribution is 7.89. The number of carbonyl (C=O) groups is 1. The first-order chi connectivity index (χ1) is 11.2. The van der Waals surface area contributed by atoms with Gasteiger partial charge in [0, 0.05) is 25.2 Å². The fourth-order valence-electron chi connectivity index (χ4n) is 2.68. The Hall–Kier alpha value is -1.44. The van der Waals surface area contributed by atoms with Gasteiger partial charge in [0.2, 0.25) is 10.0 Å². The molecule has 3 N–H and O–H groups in total. The van der Waals surface area contributed by atoms with Crippen LogP contribution in [-0.2, 0) is 10.0 Å². The molecule has 2 rings (SSSR count). The summed E-state index contributed by atoms with van der Waals surface area (Å²) < 4.78 is 26.9. The third-order valence-electron chi connectivity index (χ3n) is 4.43. The average molecular weight is 353 g/mol. The molecular formula is C17H27N3O3S. The third-order valence-corrected chi connectivity index (χ3v) is 5.87. The Morgan fingerprint density at radius 3 is 2.46 bits per heavy atom. The van der Waals surface area contributed by atoms with Gasteiger partial charge in [-0.2, -0.15) is 0 Å². The van der Waals surface area contributed by atoms with Crippen LogP contribution in [0, 0.1) is 11.3 Å². The Morgan fingerprint density at radius 1 is 1.33 bits per heavy atom. The van der Waals surface area contributed by atoms with Gasteiger partial charge in [-0.25, -0.2) is 13.1 Å². The van der Waals surface area contributed by atoms with Crippen molar-refractivity contribution in [1.29, 1.82) is 0 Å². The topological polar surface area (TPSA) is 92.5 Å². The highest BCUT2D eigenvalue weighted by atomic mass is 32.2. The van der Waals surface area contributed by atoms with E-state index in [1.807, 2.05) is 13.8 Å². The van der Waals surface area contributed by atoms with E-state index in [9.17, 15) is 13.2 Å². The molecule has 0 radical (unpaired) electrons. The minimum Gasteiger partial charge on any atom is -0.338 e. The van der Waals surface area contributed by atoms with E-state index in [-0.39, 0.29) is 22.1 Å². The fraction of sp³-hybridized carbons (Fsp3) is 0.588. The second-order valence-electron chi connectivity index (χ2n) is 7.26. The number of hydrogen-bond donors (Lipinski definition) is 2. The van der Waals surface area contributed by atoms with Gasteiger partial charge in [-0.1, -0.05) is 20.8 Å². The van der Waals surface area contributed by atoms with Crippen molar-refractivity contribution in [3.8, 4) is 0 Å². The molecule has 1 aromatic rings. The molecule has 1 aliphatic rings. The highest BCUT2D eigenvalue weighted by Gasteiger charge is 2.35. The summed E-state index contributed by atoms with van der Waals surface area (Å²) >= 11 is 0. The summed E-state index contributed by atoms with van der Waals surface area (Å²) in [6, 6.07) is 6.11. The summed E-state index contributed by atoms with van der Waals surface area (Å²) in [5.74, 6) is 0.152. The molecule has 1 heterocycles. The number of likely N-dealkylation sites (tertiary alicyclic amines) is 1. The Bertz CT molecular complexity index is 686. The number of nitrogens with zero attached hydrogens (tertiary/aromatic N) is 1. The van der Waals surface area contributed by atoms with E-state index in [4.69, 9.17) is 5.73 Å². The lowest BCUT2D eigenvalue weighted by Crippen LogP contribution is -2.34. The van der Waals surface area contributed by atoms with Crippen LogP contribution in [0.3, 0.4) is 0 Å². The van der Waals surface area contributed by atoms with Crippen LogP contribution in [0.1, 0.15) is 37.6 Å². The van der Waals surface area contributed by atoms with Gasteiger partial charge in [-0.15, -0.1) is 0 Å². The van der Waals surface area contributed by atoms with Crippen molar-refractivity contribution in [1.82, 2.24) is 9.62 Å². The lowest BCUT2D eigenvalue weighted by Gasteiger charge is -2.22. The molecule has 0 spiro atoms. The monoisotopic (exact) mass is 353 g/mol. The molecule has 1 atom stereocenters. The second-order valence-corrected chi connectivity index (χ2v) is 9.03. The smallest absolute Gasteiger partial charge is 0.253 e. The van der Waals surface area contributed by atoms with Crippen molar-refractivity contribution in [3.05, 3.63) is 29.8 Å². The zero-order valence-electron chi connectivity index (χ0n) is 14.6. The molecular weight excluding hydrogens is 326 g/mol. The van der Waals surface area contributed by atoms with Crippen molar-refractivity contribution in [2.75, 3.05) is 26.2 Å². The number of benzene rings is 1. The lowest BCUT2D eigenvalue weighted by atomic mass is 9.90. The minimum atomic E-state index is -3.53. The SMILES string of the molecule is CC(C)CNS(=O)(=O)c1ccc(C(=O)N2CCC(C)(CN)C2)cc1. The maximum absolute atomic E-state index is 12.5. The van der Waals surface area contributed by atoms with Crippen molar-refractivity contribution in [2.45, 2.75) is 32.1 Å². The van der Waals surface area contributed by atoms with Gasteiger partial charge >= 0.3 is 0 Å². The molecule has 24 heavy (non-hydrogen) atoms. The number of nitrogens with one attached hydrogen (secondary N) is 1. The fourth-order valence-corrected chi connectivity index (χ4v) is 3.90. The van der Waals surface area contributed by atoms with Gasteiger partial charge in [0.25, 0.3) is 5.91 Å². The molecule has 6 nitrogen and oxygen atoms in total. The van der Waals surface area contributed by atoms with Crippen molar-refractivity contribution in [2.24, 2.45) is 17.1 Å². The number of amides is 1. The van der Waals surface area contributed by atoms with Crippen LogP contribution in [0.5, 0.6) is 0 Å². The Balaban J connectivity index is 2.08. The highest BCUT2D eigenvalue weighted by Crippen LogP contribution is 2.29. The summed E-state index contributed by atoms with van der Waals surface area (Å²) in [6.07, 6.45) is 0.890. The molecule has 0 saturated carbocycles. The van der Waals surface area contributed by atoms with Crippen LogP contribution in [0.15, 0.2) is 29.2 Å². The second kappa shape index (κ2) is 7.21. The zero-order valence-corrected chi connectivity index (χ0v) is 15.4. The quantitative estimate of drug-likeness (QED) is 0.809. The normalized spacial score (nSPS) is 21.5. The summed E-state index contributed by atoms with van der Waals surface area (Å²) in [4.78, 5) is 14.5. The first kappa shape index (κ1) is 18.9. The predicted molar refractivity (Wildman–Crippen MR) is 94.2 cm³/mol. The van der Waals surface area contributed by atoms with Crippen LogP contribution < -0.4 is 10.5 Å². The summed E-state index contributed by atoms with van der Waals surface area (Å²) in [5, 5.41) is 0. The first-order valence-corrected chi connectivity index (χ1v) is 9.74. The maximum Gasteiger partial charge on any atom is 0.253 e. The van der Waals surface area contributed by atoms with Gasteiger partial charge in [0.15, 0.2) is 0 Å². The lowest BCUT2D eigenvalue weighted by molar-refractivity contribution is 0.0777. The van der Waals surface area contributed by atoms with E-state index < -0.39 is 10.0 Å². The number of nitrogens with two attached hydrogens (primary N) is 1. The Labute approximate surface area is 144 Å². The third kappa shape index (κ3) is 4.34. The molecule has 1 fully saturated rings. The minimum absolute atomic E-state index is 0.0281. The molecule has 134 valence electrons. The average Bonchev–Trinajstić information content (AvgIpc) is 2.96. The van der Waals surface area contributed by atoms with Crippen LogP contribution in [0.2, 0.25) is 0 Å². The van der Waals surface area contributed by atoms with Gasteiger partial charge in [0.05, 0.1) is 4.90 Å². The molecule has 0 bridgehead atoms. The summed E-state index contributed by atoms with van der Waals surface area (Å²) in [7, 11) is -3.53. The van der Waals surface area contributed by atoms with Gasteiger partial charge in [-0.05, 0) is 48.6 Å². The standard InChI is InChI=1S/C17H27N3O3S/c1-13(2)10-19-24(22,23)15-6-4-14(5-7-15)16(21)20-9-8-17(3,11-18)12-20/h4-7,13,19H,8-12,18H2,1-3H3. The van der Waals surface area contributed by atoms with E-state index in [1.54, 1.807) is 17.0 Å². The Morgan fingerprint density at radius 2 is 1.96 bits per heavy atom. The van der Waals surface area contributed by atoms with Crippen molar-refractivity contribution >= 4 is 15.9 Å². The summed E-state index contributed by atoms with van der Waals surface area (Å²) in [5.41, 5.74) is 6.25. The van der Waals surface area contributed by atoms with Crippen LogP contribution in [-0.4, -0.2) is 45.4 Å². The van der Waals surface area contributed by atoms with Crippen molar-refractivity contribution in [3.63, 3.8) is 0 Å². The molecule has 0 aliphatic carbocycles. The van der Waals surface area contributed by atoms with E-state index in [2.05, 4.69) is 11.6 Å². The number of carbonyl (C=O) groups excluding carboxylic acids is 1. The van der Waals surface area contributed by atoms with Gasteiger partial charge < -0.3 is 10.6 Å². The van der Waals surface area contributed by atoms with Crippen LogP contribution >= 0.6 is 0 Å². The van der Waals surface area contributed by atoms with Crippen molar-refractivity contribution < 1.29 is 13.2 Å². The number of hydrogen-bond acceptors (Lipinski definition) is 4. The molecule has 1 aromatic carbocycles. The first-order valence-electron chi connectivity index (χ1n) is 8.26.